The fourth-order valence-corrected chi connectivity index (χ4v) is 4.15. The summed E-state index contributed by atoms with van der Waals surface area (Å²) in [6.45, 7) is 4.33. The van der Waals surface area contributed by atoms with E-state index in [0.717, 1.165) is 0 Å². The van der Waals surface area contributed by atoms with E-state index < -0.39 is 0 Å². The molecule has 1 N–H and O–H groups in total. The molecule has 0 aliphatic carbocycles. The summed E-state index contributed by atoms with van der Waals surface area (Å²) in [5, 5.41) is 10.8. The van der Waals surface area contributed by atoms with E-state index in [2.05, 4.69) is 74.3 Å². The molecule has 0 spiro atoms. The van der Waals surface area contributed by atoms with Gasteiger partial charge in [-0.3, -0.25) is 4.90 Å². The van der Waals surface area contributed by atoms with Crippen LogP contribution in [0.15, 0.2) is 60.7 Å². The molecule has 1 aliphatic heterocycles. The SMILES string of the molecule is C[C@@H]1C(O)[C@H](C)[C@@H](c2ccccc2)N(C)[C@@H]1c1ccccc1. The Morgan fingerprint density at radius 2 is 1.09 bits per heavy atom. The highest BCUT2D eigenvalue weighted by Gasteiger charge is 2.44. The molecule has 1 saturated heterocycles. The molecule has 1 heterocycles. The number of likely N-dealkylation sites (tertiary alicyclic amines) is 1. The molecule has 0 aromatic heterocycles. The van der Waals surface area contributed by atoms with Gasteiger partial charge in [-0.25, -0.2) is 0 Å². The van der Waals surface area contributed by atoms with Crippen molar-refractivity contribution in [3.8, 4) is 0 Å². The Balaban J connectivity index is 2.01. The van der Waals surface area contributed by atoms with Crippen LogP contribution in [0.5, 0.6) is 0 Å². The Kier molecular flexibility index (Phi) is 4.32. The van der Waals surface area contributed by atoms with E-state index in [1.54, 1.807) is 0 Å². The van der Waals surface area contributed by atoms with Crippen molar-refractivity contribution in [3.05, 3.63) is 71.8 Å². The minimum atomic E-state index is -0.299. The first kappa shape index (κ1) is 15.3. The van der Waals surface area contributed by atoms with Gasteiger partial charge in [-0.1, -0.05) is 74.5 Å². The van der Waals surface area contributed by atoms with Crippen LogP contribution in [0.2, 0.25) is 0 Å². The van der Waals surface area contributed by atoms with E-state index in [1.807, 2.05) is 12.1 Å². The number of aliphatic hydroxyl groups excluding tert-OH is 1. The van der Waals surface area contributed by atoms with Gasteiger partial charge in [0, 0.05) is 23.9 Å². The van der Waals surface area contributed by atoms with Gasteiger partial charge in [0.05, 0.1) is 6.10 Å². The van der Waals surface area contributed by atoms with Crippen molar-refractivity contribution in [3.63, 3.8) is 0 Å². The van der Waals surface area contributed by atoms with Crippen LogP contribution >= 0.6 is 0 Å². The quantitative estimate of drug-likeness (QED) is 0.903. The molecule has 0 saturated carbocycles. The first-order valence-electron chi connectivity index (χ1n) is 8.11. The van der Waals surface area contributed by atoms with Crippen LogP contribution in [-0.4, -0.2) is 23.2 Å². The molecular formula is C20H25NO. The van der Waals surface area contributed by atoms with Crippen molar-refractivity contribution in [2.45, 2.75) is 32.0 Å². The highest BCUT2D eigenvalue weighted by atomic mass is 16.3. The summed E-state index contributed by atoms with van der Waals surface area (Å²) >= 11 is 0. The van der Waals surface area contributed by atoms with E-state index in [0.29, 0.717) is 0 Å². The van der Waals surface area contributed by atoms with Crippen molar-refractivity contribution < 1.29 is 5.11 Å². The van der Waals surface area contributed by atoms with Gasteiger partial charge in [-0.2, -0.15) is 0 Å². The molecule has 5 atom stereocenters. The maximum Gasteiger partial charge on any atom is 0.0627 e. The summed E-state index contributed by atoms with van der Waals surface area (Å²) in [6.07, 6.45) is -0.299. The normalized spacial score (nSPS) is 32.8. The number of aliphatic hydroxyl groups is 1. The molecular weight excluding hydrogens is 270 g/mol. The lowest BCUT2D eigenvalue weighted by molar-refractivity contribution is -0.0748. The third-order valence-corrected chi connectivity index (χ3v) is 5.23. The number of hydrogen-bond acceptors (Lipinski definition) is 2. The number of nitrogens with zero attached hydrogens (tertiary/aromatic N) is 1. The summed E-state index contributed by atoms with van der Waals surface area (Å²) in [7, 11) is 2.19. The lowest BCUT2D eigenvalue weighted by Gasteiger charge is -2.50. The largest absolute Gasteiger partial charge is 0.392 e. The lowest BCUT2D eigenvalue weighted by Crippen LogP contribution is -2.49. The van der Waals surface area contributed by atoms with Crippen molar-refractivity contribution in [1.29, 1.82) is 0 Å². The fraction of sp³-hybridized carbons (Fsp3) is 0.400. The van der Waals surface area contributed by atoms with Gasteiger partial charge < -0.3 is 5.11 Å². The molecule has 0 bridgehead atoms. The van der Waals surface area contributed by atoms with Gasteiger partial charge in [0.1, 0.15) is 0 Å². The average Bonchev–Trinajstić information content (AvgIpc) is 2.55. The number of rotatable bonds is 2. The van der Waals surface area contributed by atoms with E-state index in [4.69, 9.17) is 0 Å². The highest BCUT2D eigenvalue weighted by Crippen LogP contribution is 2.46. The summed E-state index contributed by atoms with van der Waals surface area (Å²) in [4.78, 5) is 2.44. The summed E-state index contributed by atoms with van der Waals surface area (Å²) in [5.41, 5.74) is 2.56. The topological polar surface area (TPSA) is 23.5 Å². The molecule has 22 heavy (non-hydrogen) atoms. The maximum atomic E-state index is 10.8. The third-order valence-electron chi connectivity index (χ3n) is 5.23. The maximum absolute atomic E-state index is 10.8. The second-order valence-corrected chi connectivity index (χ2v) is 6.59. The van der Waals surface area contributed by atoms with Gasteiger partial charge >= 0.3 is 0 Å². The highest BCUT2D eigenvalue weighted by molar-refractivity contribution is 5.26. The second kappa shape index (κ2) is 6.23. The van der Waals surface area contributed by atoms with E-state index in [-0.39, 0.29) is 30.0 Å². The van der Waals surface area contributed by atoms with Crippen LogP contribution in [0.4, 0.5) is 0 Å². The number of hydrogen-bond donors (Lipinski definition) is 1. The Bertz CT molecular complexity index is 544. The van der Waals surface area contributed by atoms with Crippen LogP contribution < -0.4 is 0 Å². The van der Waals surface area contributed by atoms with Gasteiger partial charge in [0.2, 0.25) is 0 Å². The molecule has 2 aromatic carbocycles. The molecule has 2 heteroatoms. The van der Waals surface area contributed by atoms with E-state index in [1.165, 1.54) is 11.1 Å². The lowest BCUT2D eigenvalue weighted by atomic mass is 9.74. The second-order valence-electron chi connectivity index (χ2n) is 6.59. The van der Waals surface area contributed by atoms with Crippen LogP contribution in [0.3, 0.4) is 0 Å². The zero-order valence-corrected chi connectivity index (χ0v) is 13.6. The van der Waals surface area contributed by atoms with Crippen LogP contribution in [0.1, 0.15) is 37.1 Å². The van der Waals surface area contributed by atoms with Crippen LogP contribution in [0, 0.1) is 11.8 Å². The molecule has 1 unspecified atom stereocenters. The summed E-state index contributed by atoms with van der Waals surface area (Å²) in [5.74, 6) is 0.421. The van der Waals surface area contributed by atoms with Gasteiger partial charge in [-0.15, -0.1) is 0 Å². The van der Waals surface area contributed by atoms with Crippen molar-refractivity contribution in [2.24, 2.45) is 11.8 Å². The first-order chi connectivity index (χ1) is 10.6. The van der Waals surface area contributed by atoms with Crippen molar-refractivity contribution in [2.75, 3.05) is 7.05 Å². The zero-order chi connectivity index (χ0) is 15.7. The molecule has 3 rings (SSSR count). The average molecular weight is 295 g/mol. The Morgan fingerprint density at radius 3 is 1.45 bits per heavy atom. The Labute approximate surface area is 133 Å². The standard InChI is InChI=1S/C20H25NO/c1-14-18(16-10-6-4-7-11-16)21(3)19(15(2)20(14)22)17-12-8-5-9-13-17/h4-15,18-20,22H,1-3H3/t14-,15+,18-,19-,20?/m0/s1. The van der Waals surface area contributed by atoms with E-state index >= 15 is 0 Å². The number of benzene rings is 2. The van der Waals surface area contributed by atoms with Crippen LogP contribution in [-0.2, 0) is 0 Å². The Morgan fingerprint density at radius 1 is 0.727 bits per heavy atom. The minimum Gasteiger partial charge on any atom is -0.392 e. The third kappa shape index (κ3) is 2.57. The van der Waals surface area contributed by atoms with Gasteiger partial charge in [0.25, 0.3) is 0 Å². The predicted molar refractivity (Wildman–Crippen MR) is 90.5 cm³/mol. The molecule has 2 aromatic rings. The smallest absolute Gasteiger partial charge is 0.0627 e. The van der Waals surface area contributed by atoms with Crippen molar-refractivity contribution >= 4 is 0 Å². The van der Waals surface area contributed by atoms with Crippen LogP contribution in [0.25, 0.3) is 0 Å². The Hall–Kier alpha value is -1.64. The van der Waals surface area contributed by atoms with Crippen molar-refractivity contribution in [1.82, 2.24) is 4.90 Å². The predicted octanol–water partition coefficient (Wildman–Crippen LogP) is 4.05. The monoisotopic (exact) mass is 295 g/mol. The molecule has 2 nitrogen and oxygen atoms in total. The fourth-order valence-electron chi connectivity index (χ4n) is 4.15. The molecule has 116 valence electrons. The van der Waals surface area contributed by atoms with Gasteiger partial charge in [-0.05, 0) is 18.2 Å². The molecule has 0 radical (unpaired) electrons. The number of piperidine rings is 1. The first-order valence-corrected chi connectivity index (χ1v) is 8.11. The van der Waals surface area contributed by atoms with Gasteiger partial charge in [0.15, 0.2) is 0 Å². The minimum absolute atomic E-state index is 0.211. The molecule has 1 fully saturated rings. The summed E-state index contributed by atoms with van der Waals surface area (Å²) < 4.78 is 0. The van der Waals surface area contributed by atoms with E-state index in [9.17, 15) is 5.11 Å². The summed E-state index contributed by atoms with van der Waals surface area (Å²) in [6, 6.07) is 21.6. The molecule has 0 amide bonds. The molecule has 1 aliphatic rings. The zero-order valence-electron chi connectivity index (χ0n) is 13.6.